The maximum atomic E-state index is 12.3. The predicted octanol–water partition coefficient (Wildman–Crippen LogP) is 4.22. The highest BCUT2D eigenvalue weighted by Gasteiger charge is 2.32. The monoisotopic (exact) mass is 440 g/mol. The molecule has 0 bridgehead atoms. The molecule has 0 spiro atoms. The molecule has 7 nitrogen and oxygen atoms in total. The Morgan fingerprint density at radius 1 is 1.12 bits per heavy atom. The summed E-state index contributed by atoms with van der Waals surface area (Å²) in [6.07, 6.45) is 2.27. The van der Waals surface area contributed by atoms with Gasteiger partial charge in [-0.05, 0) is 55.7 Å². The van der Waals surface area contributed by atoms with Crippen molar-refractivity contribution >= 4 is 17.5 Å². The van der Waals surface area contributed by atoms with Crippen molar-refractivity contribution in [1.29, 1.82) is 0 Å². The smallest absolute Gasteiger partial charge is 0.304 e. The van der Waals surface area contributed by atoms with Gasteiger partial charge in [0.2, 0.25) is 0 Å². The Balaban J connectivity index is 1.53. The van der Waals surface area contributed by atoms with Crippen LogP contribution in [0.5, 0.6) is 17.2 Å². The van der Waals surface area contributed by atoms with Crippen molar-refractivity contribution in [2.24, 2.45) is 5.92 Å². The predicted molar refractivity (Wildman–Crippen MR) is 118 cm³/mol. The molecule has 0 aromatic heterocycles. The van der Waals surface area contributed by atoms with Gasteiger partial charge in [-0.2, -0.15) is 0 Å². The zero-order valence-corrected chi connectivity index (χ0v) is 18.3. The van der Waals surface area contributed by atoms with E-state index in [9.17, 15) is 19.5 Å². The maximum Gasteiger partial charge on any atom is 0.304 e. The number of carboxylic acids is 1. The number of carbonyl (C=O) groups is 3. The van der Waals surface area contributed by atoms with Gasteiger partial charge in [0.1, 0.15) is 17.2 Å². The van der Waals surface area contributed by atoms with Gasteiger partial charge in [-0.3, -0.25) is 14.4 Å². The van der Waals surface area contributed by atoms with Gasteiger partial charge in [0.25, 0.3) is 0 Å². The maximum absolute atomic E-state index is 12.3. The quantitative estimate of drug-likeness (QED) is 0.397. The molecular formula is C25H28O7. The number of Topliss-reactive ketones (excluding diaryl/α,β-unsaturated/α-hetero) is 2. The normalized spacial score (nSPS) is 14.8. The SMILES string of the molecule is CCCc1c(OCCCOc2ccc3c(c2)CC(CC(=O)O)C3=O)ccc(C(C)=O)c1O. The van der Waals surface area contributed by atoms with Gasteiger partial charge in [0, 0.05) is 23.5 Å². The van der Waals surface area contributed by atoms with Gasteiger partial charge in [0.15, 0.2) is 11.6 Å². The number of benzene rings is 2. The molecule has 32 heavy (non-hydrogen) atoms. The topological polar surface area (TPSA) is 110 Å². The lowest BCUT2D eigenvalue weighted by molar-refractivity contribution is -0.137. The minimum Gasteiger partial charge on any atom is -0.507 e. The summed E-state index contributed by atoms with van der Waals surface area (Å²) in [5.74, 6) is -0.609. The first-order valence-electron chi connectivity index (χ1n) is 10.8. The molecule has 2 aromatic carbocycles. The minimum atomic E-state index is -0.973. The summed E-state index contributed by atoms with van der Waals surface area (Å²) in [6, 6.07) is 8.51. The number of carboxylic acid groups (broad SMARTS) is 1. The van der Waals surface area contributed by atoms with Crippen LogP contribution in [0.15, 0.2) is 30.3 Å². The van der Waals surface area contributed by atoms with E-state index in [4.69, 9.17) is 14.6 Å². The van der Waals surface area contributed by atoms with Crippen molar-refractivity contribution in [3.63, 3.8) is 0 Å². The Morgan fingerprint density at radius 3 is 2.56 bits per heavy atom. The molecular weight excluding hydrogens is 412 g/mol. The average Bonchev–Trinajstić information content (AvgIpc) is 3.04. The number of aliphatic carboxylic acids is 1. The van der Waals surface area contributed by atoms with E-state index in [-0.39, 0.29) is 23.7 Å². The fourth-order valence-corrected chi connectivity index (χ4v) is 3.98. The standard InChI is InChI=1S/C25H28O7/c1-3-5-21-22(9-8-19(15(2)26)25(21)30)32-11-4-10-31-18-6-7-20-16(13-18)12-17(24(20)29)14-23(27)28/h6-9,13,17,30H,3-5,10-12,14H2,1-2H3,(H,27,28). The molecule has 0 saturated heterocycles. The van der Waals surface area contributed by atoms with Crippen LogP contribution in [-0.2, 0) is 17.6 Å². The molecule has 0 radical (unpaired) electrons. The third-order valence-electron chi connectivity index (χ3n) is 5.53. The van der Waals surface area contributed by atoms with Gasteiger partial charge in [0.05, 0.1) is 25.2 Å². The highest BCUT2D eigenvalue weighted by molar-refractivity contribution is 6.03. The van der Waals surface area contributed by atoms with E-state index in [1.807, 2.05) is 6.92 Å². The van der Waals surface area contributed by atoms with Crippen LogP contribution in [0, 0.1) is 5.92 Å². The highest BCUT2D eigenvalue weighted by Crippen LogP contribution is 2.33. The van der Waals surface area contributed by atoms with E-state index in [0.717, 1.165) is 12.0 Å². The summed E-state index contributed by atoms with van der Waals surface area (Å²) in [7, 11) is 0. The minimum absolute atomic E-state index is 0.0120. The molecule has 1 aliphatic rings. The van der Waals surface area contributed by atoms with Gasteiger partial charge in [-0.25, -0.2) is 0 Å². The van der Waals surface area contributed by atoms with E-state index in [0.29, 0.717) is 60.7 Å². The summed E-state index contributed by atoms with van der Waals surface area (Å²) in [5, 5.41) is 19.4. The third kappa shape index (κ3) is 5.28. The Kier molecular flexibility index (Phi) is 7.51. The molecule has 7 heteroatoms. The lowest BCUT2D eigenvalue weighted by Gasteiger charge is -2.15. The summed E-state index contributed by atoms with van der Waals surface area (Å²) < 4.78 is 11.6. The third-order valence-corrected chi connectivity index (χ3v) is 5.53. The summed E-state index contributed by atoms with van der Waals surface area (Å²) in [5.41, 5.74) is 2.33. The first-order valence-corrected chi connectivity index (χ1v) is 10.8. The largest absolute Gasteiger partial charge is 0.507 e. The Morgan fingerprint density at radius 2 is 1.88 bits per heavy atom. The molecule has 3 rings (SSSR count). The number of carbonyl (C=O) groups excluding carboxylic acids is 2. The average molecular weight is 440 g/mol. The number of hydrogen-bond donors (Lipinski definition) is 2. The number of aromatic hydroxyl groups is 1. The molecule has 1 aliphatic carbocycles. The number of phenols is 1. The fourth-order valence-electron chi connectivity index (χ4n) is 3.98. The first kappa shape index (κ1) is 23.3. The fraction of sp³-hybridized carbons (Fsp3) is 0.400. The van der Waals surface area contributed by atoms with E-state index in [2.05, 4.69) is 0 Å². The van der Waals surface area contributed by atoms with E-state index < -0.39 is 11.9 Å². The molecule has 0 amide bonds. The van der Waals surface area contributed by atoms with E-state index >= 15 is 0 Å². The second-order valence-electron chi connectivity index (χ2n) is 7.98. The Labute approximate surface area is 187 Å². The van der Waals surface area contributed by atoms with E-state index in [1.54, 1.807) is 30.3 Å². The van der Waals surface area contributed by atoms with Gasteiger partial charge in [-0.15, -0.1) is 0 Å². The Bertz CT molecular complexity index is 1030. The van der Waals surface area contributed by atoms with Crippen LogP contribution in [0.2, 0.25) is 0 Å². The van der Waals surface area contributed by atoms with Crippen LogP contribution in [0.4, 0.5) is 0 Å². The zero-order valence-electron chi connectivity index (χ0n) is 18.3. The zero-order chi connectivity index (χ0) is 23.3. The van der Waals surface area contributed by atoms with Gasteiger partial charge < -0.3 is 19.7 Å². The number of fused-ring (bicyclic) bond motifs is 1. The van der Waals surface area contributed by atoms with Gasteiger partial charge in [-0.1, -0.05) is 13.3 Å². The molecule has 0 heterocycles. The number of phenolic OH excluding ortho intramolecular Hbond substituents is 1. The molecule has 0 saturated carbocycles. The molecule has 2 aromatic rings. The van der Waals surface area contributed by atoms with Gasteiger partial charge >= 0.3 is 5.97 Å². The molecule has 1 unspecified atom stereocenters. The summed E-state index contributed by atoms with van der Waals surface area (Å²) >= 11 is 0. The number of ketones is 2. The van der Waals surface area contributed by atoms with Crippen LogP contribution in [-0.4, -0.2) is 41.0 Å². The first-order chi connectivity index (χ1) is 15.3. The van der Waals surface area contributed by atoms with Crippen LogP contribution in [0.25, 0.3) is 0 Å². The van der Waals surface area contributed by atoms with Crippen molar-refractivity contribution in [2.75, 3.05) is 13.2 Å². The molecule has 170 valence electrons. The van der Waals surface area contributed by atoms with Crippen molar-refractivity contribution in [3.8, 4) is 17.2 Å². The van der Waals surface area contributed by atoms with Crippen molar-refractivity contribution < 1.29 is 34.1 Å². The Hall–Kier alpha value is -3.35. The molecule has 2 N–H and O–H groups in total. The number of ether oxygens (including phenoxy) is 2. The second-order valence-corrected chi connectivity index (χ2v) is 7.98. The lowest BCUT2D eigenvalue weighted by Crippen LogP contribution is -2.13. The lowest BCUT2D eigenvalue weighted by atomic mass is 10.0. The van der Waals surface area contributed by atoms with Crippen molar-refractivity contribution in [2.45, 2.75) is 46.0 Å². The molecule has 1 atom stereocenters. The van der Waals surface area contributed by atoms with Crippen LogP contribution < -0.4 is 9.47 Å². The van der Waals surface area contributed by atoms with E-state index in [1.165, 1.54) is 6.92 Å². The van der Waals surface area contributed by atoms with Crippen LogP contribution in [0.3, 0.4) is 0 Å². The van der Waals surface area contributed by atoms with Crippen molar-refractivity contribution in [1.82, 2.24) is 0 Å². The molecule has 0 fully saturated rings. The number of hydrogen-bond acceptors (Lipinski definition) is 6. The number of rotatable bonds is 11. The van der Waals surface area contributed by atoms with Crippen LogP contribution >= 0.6 is 0 Å². The summed E-state index contributed by atoms with van der Waals surface area (Å²) in [6.45, 7) is 4.18. The van der Waals surface area contributed by atoms with Crippen LogP contribution in [0.1, 0.15) is 65.0 Å². The summed E-state index contributed by atoms with van der Waals surface area (Å²) in [4.78, 5) is 34.9. The molecule has 0 aliphatic heterocycles. The highest BCUT2D eigenvalue weighted by atomic mass is 16.5. The van der Waals surface area contributed by atoms with Crippen molar-refractivity contribution in [3.05, 3.63) is 52.6 Å². The second kappa shape index (κ2) is 10.3.